The van der Waals surface area contributed by atoms with E-state index in [-0.39, 0.29) is 0 Å². The van der Waals surface area contributed by atoms with E-state index in [1.807, 2.05) is 0 Å². The third kappa shape index (κ3) is 5.17. The van der Waals surface area contributed by atoms with Crippen molar-refractivity contribution in [1.29, 1.82) is 0 Å². The van der Waals surface area contributed by atoms with E-state index in [1.54, 1.807) is 11.3 Å². The van der Waals surface area contributed by atoms with Gasteiger partial charge in [-0.3, -0.25) is 0 Å². The maximum atomic E-state index is 4.62. The predicted molar refractivity (Wildman–Crippen MR) is 76.5 cm³/mol. The van der Waals surface area contributed by atoms with Crippen molar-refractivity contribution in [2.45, 2.75) is 53.5 Å². The van der Waals surface area contributed by atoms with Crippen molar-refractivity contribution in [1.82, 2.24) is 10.3 Å². The summed E-state index contributed by atoms with van der Waals surface area (Å²) in [6, 6.07) is 0.429. The Hall–Kier alpha value is -0.410. The predicted octanol–water partition coefficient (Wildman–Crippen LogP) is 4.17. The lowest BCUT2D eigenvalue weighted by Gasteiger charge is -2.21. The molecule has 98 valence electrons. The Morgan fingerprint density at radius 2 is 2.00 bits per heavy atom. The first-order valence-electron chi connectivity index (χ1n) is 6.68. The van der Waals surface area contributed by atoms with Crippen LogP contribution in [0.1, 0.15) is 57.3 Å². The summed E-state index contributed by atoms with van der Waals surface area (Å²) in [6.45, 7) is 12.2. The number of nitrogens with one attached hydrogen (secondary N) is 1. The molecule has 0 aliphatic rings. The highest BCUT2D eigenvalue weighted by Gasteiger charge is 2.17. The molecule has 0 aliphatic carbocycles. The van der Waals surface area contributed by atoms with E-state index in [1.165, 1.54) is 23.5 Å². The summed E-state index contributed by atoms with van der Waals surface area (Å²) in [4.78, 5) is 4.62. The summed E-state index contributed by atoms with van der Waals surface area (Å²) in [7, 11) is 0. The molecule has 0 bridgehead atoms. The molecule has 1 heterocycles. The molecule has 0 aromatic carbocycles. The summed E-state index contributed by atoms with van der Waals surface area (Å²) in [6.07, 6.45) is 2.49. The number of rotatable bonds is 7. The Bertz CT molecular complexity index is 320. The van der Waals surface area contributed by atoms with Crippen LogP contribution in [-0.2, 0) is 0 Å². The molecule has 0 radical (unpaired) electrons. The highest BCUT2D eigenvalue weighted by atomic mass is 32.1. The zero-order valence-electron chi connectivity index (χ0n) is 11.8. The van der Waals surface area contributed by atoms with Gasteiger partial charge in [-0.1, -0.05) is 27.7 Å². The lowest BCUT2D eigenvalue weighted by molar-refractivity contribution is 0.356. The summed E-state index contributed by atoms with van der Waals surface area (Å²) in [5.41, 5.74) is 1.23. The van der Waals surface area contributed by atoms with Crippen LogP contribution in [0.2, 0.25) is 0 Å². The molecular weight excluding hydrogens is 228 g/mol. The monoisotopic (exact) mass is 254 g/mol. The van der Waals surface area contributed by atoms with Gasteiger partial charge in [0.15, 0.2) is 0 Å². The quantitative estimate of drug-likeness (QED) is 0.790. The van der Waals surface area contributed by atoms with Crippen molar-refractivity contribution >= 4 is 11.3 Å². The molecule has 2 unspecified atom stereocenters. The lowest BCUT2D eigenvalue weighted by Crippen LogP contribution is -2.23. The van der Waals surface area contributed by atoms with Gasteiger partial charge in [0.2, 0.25) is 0 Å². The highest BCUT2D eigenvalue weighted by Crippen LogP contribution is 2.26. The summed E-state index contributed by atoms with van der Waals surface area (Å²) in [5.74, 6) is 1.53. The van der Waals surface area contributed by atoms with Gasteiger partial charge in [-0.2, -0.15) is 0 Å². The Balaban J connectivity index is 2.60. The maximum absolute atomic E-state index is 4.62. The first-order chi connectivity index (χ1) is 8.02. The van der Waals surface area contributed by atoms with E-state index in [9.17, 15) is 0 Å². The van der Waals surface area contributed by atoms with Crippen LogP contribution in [0.15, 0.2) is 5.38 Å². The van der Waals surface area contributed by atoms with E-state index in [4.69, 9.17) is 0 Å². The van der Waals surface area contributed by atoms with Crippen LogP contribution < -0.4 is 5.32 Å². The van der Waals surface area contributed by atoms with Gasteiger partial charge in [0, 0.05) is 5.38 Å². The van der Waals surface area contributed by atoms with Crippen LogP contribution in [0.25, 0.3) is 0 Å². The molecule has 1 aromatic rings. The van der Waals surface area contributed by atoms with E-state index in [2.05, 4.69) is 50.3 Å². The molecule has 0 fully saturated rings. The lowest BCUT2D eigenvalue weighted by atomic mass is 9.92. The maximum Gasteiger partial charge on any atom is 0.0898 e. The molecule has 2 atom stereocenters. The molecular formula is C14H26N2S. The van der Waals surface area contributed by atoms with Crippen LogP contribution in [0.5, 0.6) is 0 Å². The Morgan fingerprint density at radius 3 is 2.47 bits per heavy atom. The van der Waals surface area contributed by atoms with E-state index >= 15 is 0 Å². The standard InChI is InChI=1S/C14H26N2S/c1-6-15-13(8-11(4)7-10(2)3)14-9-17-12(5)16-14/h9-11,13,15H,6-8H2,1-5H3. The summed E-state index contributed by atoms with van der Waals surface area (Å²) in [5, 5.41) is 6.93. The second kappa shape index (κ2) is 7.12. The van der Waals surface area contributed by atoms with Crippen molar-refractivity contribution in [3.8, 4) is 0 Å². The van der Waals surface area contributed by atoms with Crippen LogP contribution in [0.4, 0.5) is 0 Å². The average molecular weight is 254 g/mol. The molecule has 0 spiro atoms. The van der Waals surface area contributed by atoms with Crippen LogP contribution >= 0.6 is 11.3 Å². The van der Waals surface area contributed by atoms with Crippen molar-refractivity contribution in [2.24, 2.45) is 11.8 Å². The van der Waals surface area contributed by atoms with Crippen molar-refractivity contribution in [2.75, 3.05) is 6.54 Å². The number of hydrogen-bond acceptors (Lipinski definition) is 3. The first kappa shape index (κ1) is 14.7. The van der Waals surface area contributed by atoms with Gasteiger partial charge in [-0.05, 0) is 38.1 Å². The minimum absolute atomic E-state index is 0.429. The van der Waals surface area contributed by atoms with E-state index < -0.39 is 0 Å². The number of thiazole rings is 1. The Kier molecular flexibility index (Phi) is 6.14. The third-order valence-corrected chi connectivity index (χ3v) is 3.75. The first-order valence-corrected chi connectivity index (χ1v) is 7.56. The minimum Gasteiger partial charge on any atom is -0.309 e. The van der Waals surface area contributed by atoms with Gasteiger partial charge in [0.05, 0.1) is 16.7 Å². The normalized spacial score (nSPS) is 15.2. The molecule has 0 aliphatic heterocycles. The third-order valence-electron chi connectivity index (χ3n) is 2.96. The minimum atomic E-state index is 0.429. The highest BCUT2D eigenvalue weighted by molar-refractivity contribution is 7.09. The molecule has 0 saturated heterocycles. The largest absolute Gasteiger partial charge is 0.309 e. The van der Waals surface area contributed by atoms with Gasteiger partial charge < -0.3 is 5.32 Å². The van der Waals surface area contributed by atoms with Crippen molar-refractivity contribution < 1.29 is 0 Å². The Labute approximate surface area is 110 Å². The van der Waals surface area contributed by atoms with Gasteiger partial charge in [0.1, 0.15) is 0 Å². The zero-order chi connectivity index (χ0) is 12.8. The zero-order valence-corrected chi connectivity index (χ0v) is 12.6. The number of aryl methyl sites for hydroxylation is 1. The Morgan fingerprint density at radius 1 is 1.29 bits per heavy atom. The van der Waals surface area contributed by atoms with Crippen molar-refractivity contribution in [3.05, 3.63) is 16.1 Å². The van der Waals surface area contributed by atoms with Gasteiger partial charge in [0.25, 0.3) is 0 Å². The summed E-state index contributed by atoms with van der Waals surface area (Å²) < 4.78 is 0. The molecule has 0 saturated carbocycles. The van der Waals surface area contributed by atoms with Gasteiger partial charge in [-0.15, -0.1) is 11.3 Å². The van der Waals surface area contributed by atoms with Crippen molar-refractivity contribution in [3.63, 3.8) is 0 Å². The molecule has 17 heavy (non-hydrogen) atoms. The molecule has 2 nitrogen and oxygen atoms in total. The smallest absolute Gasteiger partial charge is 0.0898 e. The average Bonchev–Trinajstić information content (AvgIpc) is 2.63. The fraction of sp³-hybridized carbons (Fsp3) is 0.786. The molecule has 0 amide bonds. The molecule has 3 heteroatoms. The van der Waals surface area contributed by atoms with Gasteiger partial charge in [-0.25, -0.2) is 4.98 Å². The van der Waals surface area contributed by atoms with Crippen LogP contribution in [0, 0.1) is 18.8 Å². The number of aromatic nitrogens is 1. The van der Waals surface area contributed by atoms with Crippen LogP contribution in [-0.4, -0.2) is 11.5 Å². The fourth-order valence-corrected chi connectivity index (χ4v) is 3.06. The topological polar surface area (TPSA) is 24.9 Å². The SMILES string of the molecule is CCNC(CC(C)CC(C)C)c1csc(C)n1. The molecule has 1 aromatic heterocycles. The number of hydrogen-bond donors (Lipinski definition) is 1. The second-order valence-electron chi connectivity index (χ2n) is 5.37. The fourth-order valence-electron chi connectivity index (χ4n) is 2.40. The molecule has 1 rings (SSSR count). The molecule has 1 N–H and O–H groups in total. The number of nitrogens with zero attached hydrogens (tertiary/aromatic N) is 1. The second-order valence-corrected chi connectivity index (χ2v) is 6.43. The van der Waals surface area contributed by atoms with Crippen LogP contribution in [0.3, 0.4) is 0 Å². The summed E-state index contributed by atoms with van der Waals surface area (Å²) >= 11 is 1.75. The van der Waals surface area contributed by atoms with Gasteiger partial charge >= 0.3 is 0 Å². The van der Waals surface area contributed by atoms with E-state index in [0.717, 1.165) is 18.4 Å². The van der Waals surface area contributed by atoms with E-state index in [0.29, 0.717) is 6.04 Å².